The Bertz CT molecular complexity index is 651. The number of benzene rings is 3. The summed E-state index contributed by atoms with van der Waals surface area (Å²) in [6.45, 7) is 0. The lowest BCUT2D eigenvalue weighted by Gasteiger charge is -2.10. The summed E-state index contributed by atoms with van der Waals surface area (Å²) in [5, 5.41) is 0. The van der Waals surface area contributed by atoms with Gasteiger partial charge in [-0.3, -0.25) is 0 Å². The van der Waals surface area contributed by atoms with Crippen LogP contribution in [0.1, 0.15) is 0 Å². The smallest absolute Gasteiger partial charge is 0.0175 e. The third kappa shape index (κ3) is 2.96. The van der Waals surface area contributed by atoms with Crippen molar-refractivity contribution >= 4 is 38.5 Å². The summed E-state index contributed by atoms with van der Waals surface area (Å²) in [5.41, 5.74) is 5.03. The molecule has 0 spiro atoms. The lowest BCUT2D eigenvalue weighted by molar-refractivity contribution is 1.56. The molecule has 0 aliphatic heterocycles. The van der Waals surface area contributed by atoms with Crippen molar-refractivity contribution in [2.24, 2.45) is 0 Å². The van der Waals surface area contributed by atoms with Crippen molar-refractivity contribution in [1.29, 1.82) is 0 Å². The Labute approximate surface area is 141 Å². The second kappa shape index (κ2) is 6.10. The van der Waals surface area contributed by atoms with Crippen LogP contribution in [0.3, 0.4) is 0 Å². The van der Waals surface area contributed by atoms with Crippen molar-refractivity contribution in [3.05, 3.63) is 80.8 Å². The second-order valence-corrected chi connectivity index (χ2v) is 6.72. The van der Waals surface area contributed by atoms with Gasteiger partial charge in [-0.2, -0.15) is 0 Å². The van der Waals surface area contributed by atoms with Crippen LogP contribution in [0.15, 0.2) is 77.3 Å². The van der Waals surface area contributed by atoms with Gasteiger partial charge in [-0.05, 0) is 69.1 Å². The van der Waals surface area contributed by atoms with E-state index in [-0.39, 0.29) is 0 Å². The summed E-state index contributed by atoms with van der Waals surface area (Å²) >= 11 is 5.82. The monoisotopic (exact) mass is 434 g/mol. The average molecular weight is 435 g/mol. The third-order valence-electron chi connectivity index (χ3n) is 3.24. The Morgan fingerprint density at radius 1 is 0.600 bits per heavy atom. The molecule has 0 fully saturated rings. The molecule has 20 heavy (non-hydrogen) atoms. The predicted molar refractivity (Wildman–Crippen MR) is 97.7 cm³/mol. The van der Waals surface area contributed by atoms with E-state index in [1.165, 1.54) is 25.8 Å². The summed E-state index contributed by atoms with van der Waals surface area (Å²) in [7, 11) is 0. The van der Waals surface area contributed by atoms with Gasteiger partial charge in [-0.25, -0.2) is 0 Å². The molecule has 0 aromatic heterocycles. The van der Waals surface area contributed by atoms with Crippen LogP contribution in [0, 0.1) is 3.57 Å². The molecule has 2 heteroatoms. The van der Waals surface area contributed by atoms with Crippen molar-refractivity contribution in [1.82, 2.24) is 0 Å². The fraction of sp³-hybridized carbons (Fsp3) is 0. The van der Waals surface area contributed by atoms with Crippen LogP contribution >= 0.6 is 38.5 Å². The van der Waals surface area contributed by atoms with Gasteiger partial charge in [0.15, 0.2) is 0 Å². The van der Waals surface area contributed by atoms with E-state index in [0.29, 0.717) is 0 Å². The standard InChI is InChI=1S/C18H12BrI/c19-15-9-5-13(6-10-15)17-3-1-2-4-18(17)14-7-11-16(20)12-8-14/h1-12H. The molecule has 0 saturated carbocycles. The van der Waals surface area contributed by atoms with Gasteiger partial charge in [0.1, 0.15) is 0 Å². The lowest BCUT2D eigenvalue weighted by Crippen LogP contribution is -1.85. The van der Waals surface area contributed by atoms with Crippen molar-refractivity contribution in [3.63, 3.8) is 0 Å². The van der Waals surface area contributed by atoms with Crippen LogP contribution in [0.2, 0.25) is 0 Å². The van der Waals surface area contributed by atoms with Crippen molar-refractivity contribution < 1.29 is 0 Å². The van der Waals surface area contributed by atoms with E-state index in [4.69, 9.17) is 0 Å². The van der Waals surface area contributed by atoms with Crippen LogP contribution in [-0.2, 0) is 0 Å². The fourth-order valence-corrected chi connectivity index (χ4v) is 2.87. The third-order valence-corrected chi connectivity index (χ3v) is 4.49. The maximum Gasteiger partial charge on any atom is 0.0175 e. The largest absolute Gasteiger partial charge is 0.0616 e. The highest BCUT2D eigenvalue weighted by Crippen LogP contribution is 2.32. The van der Waals surface area contributed by atoms with E-state index in [2.05, 4.69) is 111 Å². The fourth-order valence-electron chi connectivity index (χ4n) is 2.25. The number of rotatable bonds is 2. The summed E-state index contributed by atoms with van der Waals surface area (Å²) < 4.78 is 2.36. The lowest BCUT2D eigenvalue weighted by atomic mass is 9.95. The Morgan fingerprint density at radius 3 is 1.55 bits per heavy atom. The van der Waals surface area contributed by atoms with Crippen LogP contribution in [0.4, 0.5) is 0 Å². The molecule has 3 aromatic carbocycles. The van der Waals surface area contributed by atoms with Crippen molar-refractivity contribution in [2.75, 3.05) is 0 Å². The molecule has 0 bridgehead atoms. The molecule has 0 N–H and O–H groups in total. The molecular weight excluding hydrogens is 423 g/mol. The Morgan fingerprint density at radius 2 is 1.05 bits per heavy atom. The predicted octanol–water partition coefficient (Wildman–Crippen LogP) is 6.39. The molecule has 3 rings (SSSR count). The van der Waals surface area contributed by atoms with Gasteiger partial charge in [0, 0.05) is 8.04 Å². The van der Waals surface area contributed by atoms with Gasteiger partial charge >= 0.3 is 0 Å². The number of hydrogen-bond donors (Lipinski definition) is 0. The van der Waals surface area contributed by atoms with E-state index < -0.39 is 0 Å². The van der Waals surface area contributed by atoms with Gasteiger partial charge in [-0.1, -0.05) is 64.5 Å². The molecule has 0 heterocycles. The molecule has 3 aromatic rings. The first-order valence-corrected chi connectivity index (χ1v) is 8.22. The average Bonchev–Trinajstić information content (AvgIpc) is 2.49. The van der Waals surface area contributed by atoms with Gasteiger partial charge in [0.2, 0.25) is 0 Å². The highest BCUT2D eigenvalue weighted by molar-refractivity contribution is 14.1. The molecule has 0 saturated heterocycles. The highest BCUT2D eigenvalue weighted by Gasteiger charge is 2.06. The Balaban J connectivity index is 2.13. The molecular formula is C18H12BrI. The highest BCUT2D eigenvalue weighted by atomic mass is 127. The van der Waals surface area contributed by atoms with E-state index >= 15 is 0 Å². The number of hydrogen-bond acceptors (Lipinski definition) is 0. The Hall–Kier alpha value is -1.13. The van der Waals surface area contributed by atoms with Gasteiger partial charge < -0.3 is 0 Å². The molecule has 0 unspecified atom stereocenters. The van der Waals surface area contributed by atoms with E-state index in [0.717, 1.165) is 4.47 Å². The first-order valence-electron chi connectivity index (χ1n) is 6.35. The quantitative estimate of drug-likeness (QED) is 0.410. The van der Waals surface area contributed by atoms with Gasteiger partial charge in [0.05, 0.1) is 0 Å². The summed E-state index contributed by atoms with van der Waals surface area (Å²) in [6.07, 6.45) is 0. The van der Waals surface area contributed by atoms with Gasteiger partial charge in [-0.15, -0.1) is 0 Å². The minimum atomic E-state index is 1.10. The first-order chi connectivity index (χ1) is 9.74. The normalized spacial score (nSPS) is 10.5. The van der Waals surface area contributed by atoms with Crippen LogP contribution in [-0.4, -0.2) is 0 Å². The zero-order valence-corrected chi connectivity index (χ0v) is 14.4. The topological polar surface area (TPSA) is 0 Å². The van der Waals surface area contributed by atoms with Crippen LogP contribution < -0.4 is 0 Å². The minimum absolute atomic E-state index is 1.10. The maximum absolute atomic E-state index is 3.49. The SMILES string of the molecule is Brc1ccc(-c2ccccc2-c2ccc(I)cc2)cc1. The molecule has 98 valence electrons. The molecule has 0 aliphatic rings. The minimum Gasteiger partial charge on any atom is -0.0616 e. The van der Waals surface area contributed by atoms with Crippen LogP contribution in [0.5, 0.6) is 0 Å². The molecule has 0 nitrogen and oxygen atoms in total. The van der Waals surface area contributed by atoms with E-state index in [1.807, 2.05) is 0 Å². The van der Waals surface area contributed by atoms with E-state index in [9.17, 15) is 0 Å². The van der Waals surface area contributed by atoms with Crippen molar-refractivity contribution in [3.8, 4) is 22.3 Å². The summed E-state index contributed by atoms with van der Waals surface area (Å²) in [4.78, 5) is 0. The summed E-state index contributed by atoms with van der Waals surface area (Å²) in [5.74, 6) is 0. The zero-order valence-electron chi connectivity index (χ0n) is 10.7. The molecule has 0 amide bonds. The first kappa shape index (κ1) is 13.8. The maximum atomic E-state index is 3.49. The summed E-state index contributed by atoms with van der Waals surface area (Å²) in [6, 6.07) is 25.7. The molecule has 0 radical (unpaired) electrons. The Kier molecular flexibility index (Phi) is 4.22. The van der Waals surface area contributed by atoms with E-state index in [1.54, 1.807) is 0 Å². The second-order valence-electron chi connectivity index (χ2n) is 4.56. The molecule has 0 atom stereocenters. The molecule has 0 aliphatic carbocycles. The van der Waals surface area contributed by atoms with Gasteiger partial charge in [0.25, 0.3) is 0 Å². The van der Waals surface area contributed by atoms with Crippen LogP contribution in [0.25, 0.3) is 22.3 Å². The number of halogens is 2. The zero-order chi connectivity index (χ0) is 13.9. The van der Waals surface area contributed by atoms with Crippen molar-refractivity contribution in [2.45, 2.75) is 0 Å².